The van der Waals surface area contributed by atoms with E-state index in [0.717, 1.165) is 18.2 Å². The monoisotopic (exact) mass is 398 g/mol. The van der Waals surface area contributed by atoms with Gasteiger partial charge < -0.3 is 14.3 Å². The maximum atomic E-state index is 12.6. The van der Waals surface area contributed by atoms with Crippen LogP contribution in [0.2, 0.25) is 0 Å². The summed E-state index contributed by atoms with van der Waals surface area (Å²) in [7, 11) is 0. The summed E-state index contributed by atoms with van der Waals surface area (Å²) in [4.78, 5) is 24.1. The highest BCUT2D eigenvalue weighted by molar-refractivity contribution is 5.85. The molecule has 0 bridgehead atoms. The molecular formula is C24H30O5. The SMILES string of the molecule is CC1(O)CCC2C(C)(C)C(=O)CCC2(C)C1COc1ccc2ccc(=O)oc2c1. The second kappa shape index (κ2) is 6.69. The zero-order valence-electron chi connectivity index (χ0n) is 17.7. The molecule has 5 heteroatoms. The average Bonchev–Trinajstić information content (AvgIpc) is 2.64. The third-order valence-corrected chi connectivity index (χ3v) is 7.77. The number of carbonyl (C=O) groups excluding carboxylic acids is 1. The zero-order valence-corrected chi connectivity index (χ0v) is 17.7. The molecule has 2 aliphatic carbocycles. The van der Waals surface area contributed by atoms with Crippen LogP contribution in [0.3, 0.4) is 0 Å². The molecule has 2 saturated carbocycles. The number of benzene rings is 1. The molecule has 0 aliphatic heterocycles. The van der Waals surface area contributed by atoms with E-state index < -0.39 is 11.2 Å². The first-order valence-corrected chi connectivity index (χ1v) is 10.5. The van der Waals surface area contributed by atoms with Gasteiger partial charge in [0.15, 0.2) is 0 Å². The highest BCUT2D eigenvalue weighted by Gasteiger charge is 2.60. The van der Waals surface area contributed by atoms with E-state index in [1.807, 2.05) is 19.1 Å². The molecule has 1 heterocycles. The average molecular weight is 398 g/mol. The highest BCUT2D eigenvalue weighted by atomic mass is 16.5. The molecule has 1 aromatic heterocycles. The third kappa shape index (κ3) is 3.29. The summed E-state index contributed by atoms with van der Waals surface area (Å²) in [6.45, 7) is 8.58. The van der Waals surface area contributed by atoms with Gasteiger partial charge >= 0.3 is 5.63 Å². The summed E-state index contributed by atoms with van der Waals surface area (Å²) in [6.07, 6.45) is 2.83. The van der Waals surface area contributed by atoms with Crippen molar-refractivity contribution in [3.05, 3.63) is 40.8 Å². The number of hydrogen-bond acceptors (Lipinski definition) is 5. The number of ether oxygens (including phenoxy) is 1. The van der Waals surface area contributed by atoms with Gasteiger partial charge in [-0.05, 0) is 55.7 Å². The van der Waals surface area contributed by atoms with Crippen molar-refractivity contribution in [2.45, 2.75) is 59.0 Å². The smallest absolute Gasteiger partial charge is 0.336 e. The minimum Gasteiger partial charge on any atom is -0.493 e. The van der Waals surface area contributed by atoms with Crippen LogP contribution >= 0.6 is 0 Å². The van der Waals surface area contributed by atoms with Crippen LogP contribution in [0.5, 0.6) is 5.75 Å². The Hall–Kier alpha value is -2.14. The summed E-state index contributed by atoms with van der Waals surface area (Å²) in [6, 6.07) is 8.56. The van der Waals surface area contributed by atoms with Crippen LogP contribution < -0.4 is 10.4 Å². The molecular weight excluding hydrogens is 368 g/mol. The van der Waals surface area contributed by atoms with Crippen LogP contribution in [0.15, 0.2) is 39.5 Å². The van der Waals surface area contributed by atoms with Gasteiger partial charge in [-0.1, -0.05) is 20.8 Å². The van der Waals surface area contributed by atoms with Gasteiger partial charge in [0.2, 0.25) is 0 Å². The Kier molecular flexibility index (Phi) is 4.65. The van der Waals surface area contributed by atoms with Crippen LogP contribution in [-0.2, 0) is 4.79 Å². The second-order valence-electron chi connectivity index (χ2n) is 9.92. The number of fused-ring (bicyclic) bond motifs is 2. The van der Waals surface area contributed by atoms with Crippen LogP contribution in [0.4, 0.5) is 0 Å². The van der Waals surface area contributed by atoms with Crippen molar-refractivity contribution in [2.24, 2.45) is 22.7 Å². The zero-order chi connectivity index (χ0) is 21.0. The van der Waals surface area contributed by atoms with E-state index in [-0.39, 0.29) is 22.7 Å². The number of hydrogen-bond donors (Lipinski definition) is 1. The van der Waals surface area contributed by atoms with E-state index in [9.17, 15) is 14.7 Å². The number of Topliss-reactive ketones (excluding diaryl/α,β-unsaturated/α-hetero) is 1. The predicted molar refractivity (Wildman–Crippen MR) is 111 cm³/mol. The van der Waals surface area contributed by atoms with Gasteiger partial charge in [-0.15, -0.1) is 0 Å². The molecule has 0 spiro atoms. The van der Waals surface area contributed by atoms with Gasteiger partial charge in [-0.2, -0.15) is 0 Å². The van der Waals surface area contributed by atoms with Gasteiger partial charge in [0.25, 0.3) is 0 Å². The number of aliphatic hydroxyl groups is 1. The van der Waals surface area contributed by atoms with Crippen LogP contribution in [0, 0.1) is 22.7 Å². The quantitative estimate of drug-likeness (QED) is 0.778. The van der Waals surface area contributed by atoms with Gasteiger partial charge in [0.05, 0.1) is 12.2 Å². The Morgan fingerprint density at radius 3 is 2.59 bits per heavy atom. The Balaban J connectivity index is 1.62. The largest absolute Gasteiger partial charge is 0.493 e. The standard InChI is InChI=1S/C24H30O5/c1-22(2)18-9-12-24(4,27)19(23(18,3)11-10-20(22)25)14-28-16-7-5-15-6-8-21(26)29-17(15)13-16/h5-8,13,18-19,27H,9-12,14H2,1-4H3. The molecule has 0 saturated heterocycles. The first-order chi connectivity index (χ1) is 13.5. The molecule has 1 aromatic carbocycles. The summed E-state index contributed by atoms with van der Waals surface area (Å²) in [5, 5.41) is 12.1. The molecule has 5 nitrogen and oxygen atoms in total. The minimum absolute atomic E-state index is 0.0976. The van der Waals surface area contributed by atoms with E-state index in [1.165, 1.54) is 6.07 Å². The fraction of sp³-hybridized carbons (Fsp3) is 0.583. The van der Waals surface area contributed by atoms with Crippen LogP contribution in [0.1, 0.15) is 53.4 Å². The number of carbonyl (C=O) groups is 1. The van der Waals surface area contributed by atoms with Gasteiger partial charge in [-0.3, -0.25) is 4.79 Å². The van der Waals surface area contributed by atoms with Crippen molar-refractivity contribution >= 4 is 16.8 Å². The van der Waals surface area contributed by atoms with E-state index in [4.69, 9.17) is 9.15 Å². The summed E-state index contributed by atoms with van der Waals surface area (Å²) < 4.78 is 11.4. The lowest BCUT2D eigenvalue weighted by molar-refractivity contribution is -0.182. The normalized spacial score (nSPS) is 34.0. The second-order valence-corrected chi connectivity index (χ2v) is 9.92. The van der Waals surface area contributed by atoms with E-state index in [0.29, 0.717) is 36.6 Å². The lowest BCUT2D eigenvalue weighted by Crippen LogP contribution is -2.61. The third-order valence-electron chi connectivity index (χ3n) is 7.77. The molecule has 4 atom stereocenters. The molecule has 156 valence electrons. The Morgan fingerprint density at radius 2 is 1.83 bits per heavy atom. The van der Waals surface area contributed by atoms with Crippen molar-refractivity contribution in [3.63, 3.8) is 0 Å². The Bertz CT molecular complexity index is 1000. The first kappa shape index (κ1) is 20.1. The first-order valence-electron chi connectivity index (χ1n) is 10.5. The Morgan fingerprint density at radius 1 is 1.10 bits per heavy atom. The van der Waals surface area contributed by atoms with E-state index in [2.05, 4.69) is 20.8 Å². The molecule has 1 N–H and O–H groups in total. The predicted octanol–water partition coefficient (Wildman–Crippen LogP) is 4.34. The summed E-state index contributed by atoms with van der Waals surface area (Å²) in [5.41, 5.74) is -1.32. The van der Waals surface area contributed by atoms with Crippen LogP contribution in [0.25, 0.3) is 11.0 Å². The van der Waals surface area contributed by atoms with Crippen molar-refractivity contribution < 1.29 is 19.1 Å². The molecule has 2 aliphatic rings. The number of rotatable bonds is 3. The molecule has 4 rings (SSSR count). The molecule has 0 amide bonds. The van der Waals surface area contributed by atoms with E-state index in [1.54, 1.807) is 12.1 Å². The number of ketones is 1. The van der Waals surface area contributed by atoms with E-state index >= 15 is 0 Å². The topological polar surface area (TPSA) is 76.7 Å². The molecule has 29 heavy (non-hydrogen) atoms. The maximum absolute atomic E-state index is 12.6. The molecule has 0 radical (unpaired) electrons. The van der Waals surface area contributed by atoms with Gasteiger partial charge in [-0.25, -0.2) is 4.79 Å². The molecule has 2 aromatic rings. The summed E-state index contributed by atoms with van der Waals surface area (Å²) >= 11 is 0. The van der Waals surface area contributed by atoms with Crippen molar-refractivity contribution in [1.82, 2.24) is 0 Å². The molecule has 2 fully saturated rings. The maximum Gasteiger partial charge on any atom is 0.336 e. The van der Waals surface area contributed by atoms with Gasteiger partial charge in [0.1, 0.15) is 17.1 Å². The molecule has 4 unspecified atom stereocenters. The fourth-order valence-corrected chi connectivity index (χ4v) is 6.01. The lowest BCUT2D eigenvalue weighted by atomic mass is 9.45. The highest BCUT2D eigenvalue weighted by Crippen LogP contribution is 2.60. The minimum atomic E-state index is -0.856. The lowest BCUT2D eigenvalue weighted by Gasteiger charge is -2.60. The summed E-state index contributed by atoms with van der Waals surface area (Å²) in [5.74, 6) is 1.06. The van der Waals surface area contributed by atoms with Crippen molar-refractivity contribution in [1.29, 1.82) is 0 Å². The van der Waals surface area contributed by atoms with Gasteiger partial charge in [0, 0.05) is 35.3 Å². The van der Waals surface area contributed by atoms with Crippen molar-refractivity contribution in [2.75, 3.05) is 6.61 Å². The fourth-order valence-electron chi connectivity index (χ4n) is 6.01. The Labute approximate surface area is 171 Å². The van der Waals surface area contributed by atoms with Crippen molar-refractivity contribution in [3.8, 4) is 5.75 Å². The van der Waals surface area contributed by atoms with Crippen LogP contribution in [-0.4, -0.2) is 23.1 Å².